The fourth-order valence-corrected chi connectivity index (χ4v) is 3.80. The number of anilines is 3. The van der Waals surface area contributed by atoms with Gasteiger partial charge >= 0.3 is 6.03 Å². The van der Waals surface area contributed by atoms with Gasteiger partial charge in [-0.1, -0.05) is 37.0 Å². The van der Waals surface area contributed by atoms with E-state index in [1.165, 1.54) is 30.9 Å². The van der Waals surface area contributed by atoms with E-state index < -0.39 is 6.03 Å². The molecule has 3 aromatic heterocycles. The summed E-state index contributed by atoms with van der Waals surface area (Å²) in [6, 6.07) is 7.42. The van der Waals surface area contributed by atoms with E-state index in [0.29, 0.717) is 32.5 Å². The van der Waals surface area contributed by atoms with Crippen LogP contribution in [0.5, 0.6) is 0 Å². The number of rotatable bonds is 5. The number of carbonyl (C=O) groups is 2. The smallest absolute Gasteiger partial charge is 0.323 e. The number of hydrogen-bond acceptors (Lipinski definition) is 6. The molecule has 0 aliphatic rings. The van der Waals surface area contributed by atoms with E-state index in [1.54, 1.807) is 22.7 Å². The first-order valence-corrected chi connectivity index (χ1v) is 10.6. The fourth-order valence-electron chi connectivity index (χ4n) is 3.34. The normalized spacial score (nSPS) is 11.1. The number of benzene rings is 1. The number of hydrogen-bond donors (Lipinski definition) is 3. The Balaban J connectivity index is 1.60. The molecule has 0 fully saturated rings. The van der Waals surface area contributed by atoms with Crippen molar-refractivity contribution in [3.63, 3.8) is 0 Å². The summed E-state index contributed by atoms with van der Waals surface area (Å²) < 4.78 is 1.62. The van der Waals surface area contributed by atoms with E-state index in [-0.39, 0.29) is 23.1 Å². The highest BCUT2D eigenvalue weighted by atomic mass is 35.5. The average Bonchev–Trinajstić information content (AvgIpc) is 3.17. The number of ketones is 1. The second-order valence-corrected chi connectivity index (χ2v) is 8.38. The van der Waals surface area contributed by atoms with Gasteiger partial charge in [-0.2, -0.15) is 5.10 Å². The van der Waals surface area contributed by atoms with Crippen molar-refractivity contribution in [2.75, 3.05) is 16.4 Å². The summed E-state index contributed by atoms with van der Waals surface area (Å²) in [7, 11) is 0. The number of pyridine rings is 1. The number of carbonyl (C=O) groups excluding carboxylic acids is 2. The van der Waals surface area contributed by atoms with Crippen molar-refractivity contribution < 1.29 is 9.59 Å². The number of amides is 2. The molecule has 1 aromatic carbocycles. The van der Waals surface area contributed by atoms with Gasteiger partial charge in [-0.3, -0.25) is 9.78 Å². The van der Waals surface area contributed by atoms with Crippen LogP contribution in [0, 0.1) is 0 Å². The average molecular weight is 484 g/mol. The Morgan fingerprint density at radius 2 is 1.88 bits per heavy atom. The van der Waals surface area contributed by atoms with Crippen molar-refractivity contribution in [2.24, 2.45) is 0 Å². The van der Waals surface area contributed by atoms with Crippen LogP contribution in [0.2, 0.25) is 10.0 Å². The second-order valence-electron chi connectivity index (χ2n) is 7.54. The van der Waals surface area contributed by atoms with E-state index in [4.69, 9.17) is 28.9 Å². The summed E-state index contributed by atoms with van der Waals surface area (Å²) in [5.74, 6) is -0.0252. The van der Waals surface area contributed by atoms with E-state index in [2.05, 4.69) is 25.7 Å². The standard InChI is InChI=1S/C22H19Cl2N7O2/c1-11(2)18-7-15(19-21(25)27-10-28-31(18)19)20(32)12-5-14(9-26-8-12)29-22(33)30-17-4-3-13(23)6-16(17)24/h3-11H,1-2H3,(H2,25,27,28)(H2,29,30,33). The topological polar surface area (TPSA) is 127 Å². The molecule has 0 bridgehead atoms. The Bertz CT molecular complexity index is 1380. The van der Waals surface area contributed by atoms with Crippen molar-refractivity contribution in [3.05, 3.63) is 75.9 Å². The lowest BCUT2D eigenvalue weighted by Crippen LogP contribution is -2.20. The summed E-state index contributed by atoms with van der Waals surface area (Å²) in [6.07, 6.45) is 4.19. The highest BCUT2D eigenvalue weighted by Crippen LogP contribution is 2.28. The quantitative estimate of drug-likeness (QED) is 0.342. The van der Waals surface area contributed by atoms with Gasteiger partial charge in [-0.05, 0) is 36.2 Å². The summed E-state index contributed by atoms with van der Waals surface area (Å²) in [6.45, 7) is 3.98. The van der Waals surface area contributed by atoms with Gasteiger partial charge in [0.05, 0.1) is 28.2 Å². The van der Waals surface area contributed by atoms with Crippen LogP contribution < -0.4 is 16.4 Å². The Morgan fingerprint density at radius 1 is 1.09 bits per heavy atom. The minimum absolute atomic E-state index is 0.0999. The number of aromatic nitrogens is 4. The molecular formula is C22H19Cl2N7O2. The van der Waals surface area contributed by atoms with E-state index >= 15 is 0 Å². The van der Waals surface area contributed by atoms with Crippen LogP contribution in [0.25, 0.3) is 5.52 Å². The Kier molecular flexibility index (Phi) is 6.17. The van der Waals surface area contributed by atoms with Crippen molar-refractivity contribution in [2.45, 2.75) is 19.8 Å². The van der Waals surface area contributed by atoms with Crippen molar-refractivity contribution in [3.8, 4) is 0 Å². The number of nitrogen functional groups attached to an aromatic ring is 1. The molecule has 0 unspecified atom stereocenters. The molecule has 2 amide bonds. The van der Waals surface area contributed by atoms with Gasteiger partial charge in [0.25, 0.3) is 0 Å². The molecule has 11 heteroatoms. The molecule has 0 aliphatic carbocycles. The van der Waals surface area contributed by atoms with E-state index in [0.717, 1.165) is 5.69 Å². The van der Waals surface area contributed by atoms with Gasteiger partial charge in [0, 0.05) is 22.5 Å². The SMILES string of the molecule is CC(C)c1cc(C(=O)c2cncc(NC(=O)Nc3ccc(Cl)cc3Cl)c2)c2c(N)ncnn12. The van der Waals surface area contributed by atoms with Crippen LogP contribution in [-0.4, -0.2) is 31.4 Å². The number of nitrogens with one attached hydrogen (secondary N) is 2. The van der Waals surface area contributed by atoms with Crippen LogP contribution in [0.15, 0.2) is 49.1 Å². The molecule has 0 atom stereocenters. The Morgan fingerprint density at radius 3 is 2.61 bits per heavy atom. The molecule has 0 saturated carbocycles. The van der Waals surface area contributed by atoms with E-state index in [1.807, 2.05) is 13.8 Å². The van der Waals surface area contributed by atoms with Gasteiger partial charge in [0.1, 0.15) is 11.8 Å². The molecule has 4 rings (SSSR count). The zero-order chi connectivity index (χ0) is 23.7. The van der Waals surface area contributed by atoms with Crippen LogP contribution in [0.1, 0.15) is 41.4 Å². The lowest BCUT2D eigenvalue weighted by Gasteiger charge is -2.10. The van der Waals surface area contributed by atoms with Crippen LogP contribution >= 0.6 is 23.2 Å². The monoisotopic (exact) mass is 483 g/mol. The molecule has 4 aromatic rings. The Labute approximate surface area is 198 Å². The van der Waals surface area contributed by atoms with Crippen molar-refractivity contribution in [1.82, 2.24) is 19.6 Å². The minimum Gasteiger partial charge on any atom is -0.382 e. The molecule has 33 heavy (non-hydrogen) atoms. The highest BCUT2D eigenvalue weighted by molar-refractivity contribution is 6.36. The number of urea groups is 1. The molecule has 3 heterocycles. The third-order valence-electron chi connectivity index (χ3n) is 4.88. The third kappa shape index (κ3) is 4.59. The first-order chi connectivity index (χ1) is 15.7. The summed E-state index contributed by atoms with van der Waals surface area (Å²) in [4.78, 5) is 33.8. The molecule has 9 nitrogen and oxygen atoms in total. The molecule has 0 spiro atoms. The second kappa shape index (κ2) is 9.05. The van der Waals surface area contributed by atoms with Crippen LogP contribution in [0.4, 0.5) is 22.0 Å². The number of halogens is 2. The lowest BCUT2D eigenvalue weighted by molar-refractivity contribution is 0.104. The predicted molar refractivity (Wildman–Crippen MR) is 128 cm³/mol. The van der Waals surface area contributed by atoms with Crippen LogP contribution in [-0.2, 0) is 0 Å². The first kappa shape index (κ1) is 22.5. The number of nitrogens with two attached hydrogens (primary N) is 1. The maximum atomic E-state index is 13.3. The largest absolute Gasteiger partial charge is 0.382 e. The van der Waals surface area contributed by atoms with Crippen LogP contribution in [0.3, 0.4) is 0 Å². The third-order valence-corrected chi connectivity index (χ3v) is 5.43. The summed E-state index contributed by atoms with van der Waals surface area (Å²) >= 11 is 12.0. The molecule has 168 valence electrons. The highest BCUT2D eigenvalue weighted by Gasteiger charge is 2.22. The van der Waals surface area contributed by atoms with E-state index in [9.17, 15) is 9.59 Å². The van der Waals surface area contributed by atoms with Gasteiger partial charge in [0.2, 0.25) is 0 Å². The molecule has 0 aliphatic heterocycles. The number of fused-ring (bicyclic) bond motifs is 1. The van der Waals surface area contributed by atoms with Gasteiger partial charge in [0.15, 0.2) is 11.6 Å². The first-order valence-electron chi connectivity index (χ1n) is 9.89. The maximum Gasteiger partial charge on any atom is 0.323 e. The molecular weight excluding hydrogens is 465 g/mol. The predicted octanol–water partition coefficient (Wildman–Crippen LogP) is 5.01. The zero-order valence-corrected chi connectivity index (χ0v) is 19.1. The Hall–Kier alpha value is -3.69. The molecule has 0 radical (unpaired) electrons. The molecule has 4 N–H and O–H groups in total. The minimum atomic E-state index is -0.556. The van der Waals surface area contributed by atoms with Gasteiger partial charge < -0.3 is 16.4 Å². The lowest BCUT2D eigenvalue weighted by atomic mass is 10.0. The van der Waals surface area contributed by atoms with Crippen molar-refractivity contribution in [1.29, 1.82) is 0 Å². The summed E-state index contributed by atoms with van der Waals surface area (Å²) in [5.41, 5.74) is 8.63. The van der Waals surface area contributed by atoms with Crippen molar-refractivity contribution >= 4 is 57.7 Å². The number of nitrogens with zero attached hydrogens (tertiary/aromatic N) is 4. The fraction of sp³-hybridized carbons (Fsp3) is 0.136. The van der Waals surface area contributed by atoms with Gasteiger partial charge in [-0.15, -0.1) is 0 Å². The van der Waals surface area contributed by atoms with Gasteiger partial charge in [-0.25, -0.2) is 14.3 Å². The summed E-state index contributed by atoms with van der Waals surface area (Å²) in [5, 5.41) is 10.2. The zero-order valence-electron chi connectivity index (χ0n) is 17.6. The maximum absolute atomic E-state index is 13.3. The molecule has 0 saturated heterocycles.